The summed E-state index contributed by atoms with van der Waals surface area (Å²) in [7, 11) is 0. The average Bonchev–Trinajstić information content (AvgIpc) is 2.71. The van der Waals surface area contributed by atoms with E-state index in [0.717, 1.165) is 23.1 Å². The molecule has 2 rings (SSSR count). The van der Waals surface area contributed by atoms with Crippen LogP contribution in [0.1, 0.15) is 42.7 Å². The van der Waals surface area contributed by atoms with E-state index in [4.69, 9.17) is 0 Å². The molecular weight excluding hydrogens is 418 g/mol. The van der Waals surface area contributed by atoms with Gasteiger partial charge in [0.05, 0.1) is 6.04 Å². The largest absolute Gasteiger partial charge is 0.352 e. The van der Waals surface area contributed by atoms with Crippen LogP contribution in [-0.2, 0) is 4.79 Å². The summed E-state index contributed by atoms with van der Waals surface area (Å²) < 4.78 is 0.901. The SMILES string of the molecule is CCN(CC)[C@@H](CNC(=O)[C@H](C)NC(=O)c1ccc(Br)cc1)c1ccccc1. The van der Waals surface area contributed by atoms with E-state index in [1.165, 1.54) is 0 Å². The van der Waals surface area contributed by atoms with E-state index in [-0.39, 0.29) is 17.9 Å². The van der Waals surface area contributed by atoms with Crippen LogP contribution in [0.4, 0.5) is 0 Å². The van der Waals surface area contributed by atoms with Crippen molar-refractivity contribution in [3.63, 3.8) is 0 Å². The highest BCUT2D eigenvalue weighted by molar-refractivity contribution is 9.10. The lowest BCUT2D eigenvalue weighted by Crippen LogP contribution is -2.47. The van der Waals surface area contributed by atoms with Crippen molar-refractivity contribution in [2.24, 2.45) is 0 Å². The molecule has 0 aliphatic heterocycles. The number of nitrogens with one attached hydrogen (secondary N) is 2. The number of carbonyl (C=O) groups excluding carboxylic acids is 2. The van der Waals surface area contributed by atoms with Gasteiger partial charge in [-0.3, -0.25) is 14.5 Å². The summed E-state index contributed by atoms with van der Waals surface area (Å²) in [6.45, 7) is 8.19. The predicted octanol–water partition coefficient (Wildman–Crippen LogP) is 3.77. The van der Waals surface area contributed by atoms with Gasteiger partial charge in [0, 0.05) is 16.6 Å². The number of likely N-dealkylation sites (N-methyl/N-ethyl adjacent to an activating group) is 1. The molecule has 2 amide bonds. The van der Waals surface area contributed by atoms with E-state index in [1.54, 1.807) is 31.2 Å². The Morgan fingerprint density at radius 3 is 2.18 bits per heavy atom. The summed E-state index contributed by atoms with van der Waals surface area (Å²) in [5.41, 5.74) is 1.69. The fourth-order valence-corrected chi connectivity index (χ4v) is 3.36. The standard InChI is InChI=1S/C22H28BrN3O2/c1-4-26(5-2)20(17-9-7-6-8-10-17)15-24-21(27)16(3)25-22(28)18-11-13-19(23)14-12-18/h6-14,16,20H,4-5,15H2,1-3H3,(H,24,27)(H,25,28)/t16-,20-/m0/s1. The zero-order valence-electron chi connectivity index (χ0n) is 16.6. The second-order valence-corrected chi connectivity index (χ2v) is 7.51. The van der Waals surface area contributed by atoms with Crippen molar-refractivity contribution in [2.45, 2.75) is 32.9 Å². The van der Waals surface area contributed by atoms with Crippen LogP contribution in [0, 0.1) is 0 Å². The van der Waals surface area contributed by atoms with Gasteiger partial charge in [0.15, 0.2) is 0 Å². The molecule has 0 fully saturated rings. The molecule has 0 aliphatic carbocycles. The first kappa shape index (κ1) is 22.1. The van der Waals surface area contributed by atoms with Crippen LogP contribution in [0.2, 0.25) is 0 Å². The van der Waals surface area contributed by atoms with Gasteiger partial charge in [0.25, 0.3) is 5.91 Å². The summed E-state index contributed by atoms with van der Waals surface area (Å²) in [4.78, 5) is 27.2. The minimum atomic E-state index is -0.621. The van der Waals surface area contributed by atoms with E-state index in [0.29, 0.717) is 12.1 Å². The Kier molecular flexibility index (Phi) is 8.67. The molecule has 0 aliphatic rings. The zero-order valence-corrected chi connectivity index (χ0v) is 18.2. The van der Waals surface area contributed by atoms with Crippen molar-refractivity contribution < 1.29 is 9.59 Å². The molecule has 6 heteroatoms. The summed E-state index contributed by atoms with van der Waals surface area (Å²) in [6.07, 6.45) is 0. The molecule has 0 unspecified atom stereocenters. The number of carbonyl (C=O) groups is 2. The number of benzene rings is 2. The second kappa shape index (κ2) is 11.0. The third kappa shape index (κ3) is 6.17. The molecule has 150 valence electrons. The molecule has 2 atom stereocenters. The lowest BCUT2D eigenvalue weighted by Gasteiger charge is -2.30. The Morgan fingerprint density at radius 1 is 1.00 bits per heavy atom. The Hall–Kier alpha value is -2.18. The first-order chi connectivity index (χ1) is 13.5. The molecular formula is C22H28BrN3O2. The van der Waals surface area contributed by atoms with E-state index in [9.17, 15) is 9.59 Å². The van der Waals surface area contributed by atoms with Crippen molar-refractivity contribution in [1.29, 1.82) is 0 Å². The number of amides is 2. The molecule has 5 nitrogen and oxygen atoms in total. The Bertz CT molecular complexity index is 761. The lowest BCUT2D eigenvalue weighted by atomic mass is 10.0. The van der Waals surface area contributed by atoms with Gasteiger partial charge in [-0.1, -0.05) is 60.1 Å². The highest BCUT2D eigenvalue weighted by atomic mass is 79.9. The van der Waals surface area contributed by atoms with Gasteiger partial charge in [0.1, 0.15) is 6.04 Å². The van der Waals surface area contributed by atoms with Gasteiger partial charge < -0.3 is 10.6 Å². The summed E-state index contributed by atoms with van der Waals surface area (Å²) in [5, 5.41) is 5.75. The molecule has 2 N–H and O–H groups in total. The Labute approximate surface area is 175 Å². The van der Waals surface area contributed by atoms with Crippen LogP contribution in [-0.4, -0.2) is 42.4 Å². The Balaban J connectivity index is 1.97. The fourth-order valence-electron chi connectivity index (χ4n) is 3.09. The number of rotatable bonds is 9. The van der Waals surface area contributed by atoms with E-state index >= 15 is 0 Å². The van der Waals surface area contributed by atoms with E-state index < -0.39 is 6.04 Å². The van der Waals surface area contributed by atoms with Crippen LogP contribution in [0.5, 0.6) is 0 Å². The smallest absolute Gasteiger partial charge is 0.251 e. The molecule has 0 saturated heterocycles. The van der Waals surface area contributed by atoms with Crippen molar-refractivity contribution >= 4 is 27.7 Å². The highest BCUT2D eigenvalue weighted by Crippen LogP contribution is 2.19. The minimum absolute atomic E-state index is 0.0922. The molecule has 2 aromatic carbocycles. The number of halogens is 1. The monoisotopic (exact) mass is 445 g/mol. The average molecular weight is 446 g/mol. The molecule has 0 saturated carbocycles. The maximum Gasteiger partial charge on any atom is 0.251 e. The molecule has 0 radical (unpaired) electrons. The molecule has 0 aromatic heterocycles. The van der Waals surface area contributed by atoms with Crippen LogP contribution >= 0.6 is 15.9 Å². The van der Waals surface area contributed by atoms with Crippen LogP contribution < -0.4 is 10.6 Å². The van der Waals surface area contributed by atoms with Crippen molar-refractivity contribution in [3.8, 4) is 0 Å². The lowest BCUT2D eigenvalue weighted by molar-refractivity contribution is -0.122. The fraction of sp³-hybridized carbons (Fsp3) is 0.364. The summed E-state index contributed by atoms with van der Waals surface area (Å²) >= 11 is 3.35. The number of hydrogen-bond acceptors (Lipinski definition) is 3. The normalized spacial score (nSPS) is 13.0. The van der Waals surface area contributed by atoms with Gasteiger partial charge >= 0.3 is 0 Å². The summed E-state index contributed by atoms with van der Waals surface area (Å²) in [6, 6.07) is 16.7. The molecule has 0 bridgehead atoms. The van der Waals surface area contributed by atoms with Crippen LogP contribution in [0.15, 0.2) is 59.1 Å². The van der Waals surface area contributed by atoms with Crippen LogP contribution in [0.25, 0.3) is 0 Å². The Morgan fingerprint density at radius 2 is 1.61 bits per heavy atom. The van der Waals surface area contributed by atoms with Crippen molar-refractivity contribution in [2.75, 3.05) is 19.6 Å². The topological polar surface area (TPSA) is 61.4 Å². The number of hydrogen-bond donors (Lipinski definition) is 2. The van der Waals surface area contributed by atoms with Gasteiger partial charge in [-0.25, -0.2) is 0 Å². The second-order valence-electron chi connectivity index (χ2n) is 6.59. The molecule has 2 aromatic rings. The predicted molar refractivity (Wildman–Crippen MR) is 116 cm³/mol. The first-order valence-electron chi connectivity index (χ1n) is 9.59. The summed E-state index contributed by atoms with van der Waals surface area (Å²) in [5.74, 6) is -0.461. The van der Waals surface area contributed by atoms with E-state index in [1.807, 2.05) is 18.2 Å². The molecule has 0 heterocycles. The minimum Gasteiger partial charge on any atom is -0.352 e. The zero-order chi connectivity index (χ0) is 20.5. The third-order valence-corrected chi connectivity index (χ3v) is 5.28. The van der Waals surface area contributed by atoms with Gasteiger partial charge in [-0.05, 0) is 49.8 Å². The van der Waals surface area contributed by atoms with Crippen LogP contribution in [0.3, 0.4) is 0 Å². The van der Waals surface area contributed by atoms with Gasteiger partial charge in [0.2, 0.25) is 5.91 Å². The highest BCUT2D eigenvalue weighted by Gasteiger charge is 2.21. The molecule has 28 heavy (non-hydrogen) atoms. The first-order valence-corrected chi connectivity index (χ1v) is 10.4. The van der Waals surface area contributed by atoms with Crippen molar-refractivity contribution in [3.05, 3.63) is 70.2 Å². The number of nitrogens with zero attached hydrogens (tertiary/aromatic N) is 1. The molecule has 0 spiro atoms. The quantitative estimate of drug-likeness (QED) is 0.617. The van der Waals surface area contributed by atoms with Gasteiger partial charge in [-0.15, -0.1) is 0 Å². The third-order valence-electron chi connectivity index (χ3n) is 4.75. The van der Waals surface area contributed by atoms with Crippen molar-refractivity contribution in [1.82, 2.24) is 15.5 Å². The van der Waals surface area contributed by atoms with E-state index in [2.05, 4.69) is 57.4 Å². The maximum atomic E-state index is 12.5. The van der Waals surface area contributed by atoms with Gasteiger partial charge in [-0.2, -0.15) is 0 Å². The maximum absolute atomic E-state index is 12.5.